The second kappa shape index (κ2) is 6.71. The van der Waals surface area contributed by atoms with Crippen molar-refractivity contribution in [2.45, 2.75) is 51.6 Å². The molecule has 0 saturated heterocycles. The number of nitrogens with two attached hydrogens (primary N) is 1. The van der Waals surface area contributed by atoms with E-state index in [1.54, 1.807) is 0 Å². The molecule has 1 atom stereocenters. The van der Waals surface area contributed by atoms with Crippen molar-refractivity contribution in [3.63, 3.8) is 0 Å². The van der Waals surface area contributed by atoms with Crippen LogP contribution in [0.3, 0.4) is 0 Å². The Bertz CT molecular complexity index is 427. The van der Waals surface area contributed by atoms with Gasteiger partial charge in [0.15, 0.2) is 0 Å². The van der Waals surface area contributed by atoms with Crippen molar-refractivity contribution in [2.75, 3.05) is 0 Å². The van der Waals surface area contributed by atoms with Crippen molar-refractivity contribution in [1.82, 2.24) is 5.32 Å². The van der Waals surface area contributed by atoms with Crippen molar-refractivity contribution in [2.24, 2.45) is 11.7 Å². The lowest BCUT2D eigenvalue weighted by atomic mass is 10.0. The van der Waals surface area contributed by atoms with Gasteiger partial charge in [0, 0.05) is 12.6 Å². The maximum atomic E-state index is 12.1. The van der Waals surface area contributed by atoms with Gasteiger partial charge in [-0.2, -0.15) is 0 Å². The molecule has 1 aliphatic rings. The molecule has 1 aromatic carbocycles. The van der Waals surface area contributed by atoms with Crippen LogP contribution in [-0.2, 0) is 17.8 Å². The van der Waals surface area contributed by atoms with Crippen LogP contribution in [0.1, 0.15) is 43.7 Å². The van der Waals surface area contributed by atoms with Gasteiger partial charge in [-0.15, -0.1) is 0 Å². The second-order valence-corrected chi connectivity index (χ2v) is 5.50. The summed E-state index contributed by atoms with van der Waals surface area (Å²) in [4.78, 5) is 12.1. The van der Waals surface area contributed by atoms with Gasteiger partial charge in [-0.1, -0.05) is 44.0 Å². The molecule has 1 unspecified atom stereocenters. The molecule has 1 amide bonds. The Morgan fingerprint density at radius 2 is 2.05 bits per heavy atom. The van der Waals surface area contributed by atoms with Gasteiger partial charge >= 0.3 is 0 Å². The van der Waals surface area contributed by atoms with Gasteiger partial charge in [0.05, 0.1) is 6.42 Å². The van der Waals surface area contributed by atoms with Crippen molar-refractivity contribution >= 4 is 5.91 Å². The molecular weight excluding hydrogens is 236 g/mol. The molecule has 19 heavy (non-hydrogen) atoms. The Balaban J connectivity index is 1.88. The van der Waals surface area contributed by atoms with Crippen LogP contribution < -0.4 is 11.1 Å². The van der Waals surface area contributed by atoms with E-state index in [-0.39, 0.29) is 5.91 Å². The number of amides is 1. The highest BCUT2D eigenvalue weighted by Crippen LogP contribution is 2.34. The number of hydrogen-bond donors (Lipinski definition) is 2. The largest absolute Gasteiger partial charge is 0.353 e. The van der Waals surface area contributed by atoms with Crippen molar-refractivity contribution in [3.8, 4) is 0 Å². The fourth-order valence-electron chi connectivity index (χ4n) is 2.46. The Kier molecular flexibility index (Phi) is 4.97. The summed E-state index contributed by atoms with van der Waals surface area (Å²) < 4.78 is 0. The molecule has 0 spiro atoms. The van der Waals surface area contributed by atoms with Crippen LogP contribution >= 0.6 is 0 Å². The summed E-state index contributed by atoms with van der Waals surface area (Å²) in [6, 6.07) is 8.24. The standard InChI is InChI=1S/C16H24N2O/c1-2-15(9-12-7-8-12)18-16(19)10-13-5-3-4-6-14(13)11-17/h3-6,12,15H,2,7-11,17H2,1H3,(H,18,19). The molecule has 3 nitrogen and oxygen atoms in total. The van der Waals surface area contributed by atoms with E-state index in [1.165, 1.54) is 12.8 Å². The zero-order valence-corrected chi connectivity index (χ0v) is 11.7. The monoisotopic (exact) mass is 260 g/mol. The average molecular weight is 260 g/mol. The molecule has 1 saturated carbocycles. The normalized spacial score (nSPS) is 16.1. The summed E-state index contributed by atoms with van der Waals surface area (Å²) in [5.74, 6) is 0.968. The van der Waals surface area contributed by atoms with Crippen LogP contribution in [0.4, 0.5) is 0 Å². The van der Waals surface area contributed by atoms with E-state index in [0.717, 1.165) is 29.9 Å². The topological polar surface area (TPSA) is 55.1 Å². The third-order valence-corrected chi connectivity index (χ3v) is 3.86. The summed E-state index contributed by atoms with van der Waals surface area (Å²) in [6.45, 7) is 2.63. The number of carbonyl (C=O) groups excluding carboxylic acids is 1. The van der Waals surface area contributed by atoms with Crippen LogP contribution in [0.15, 0.2) is 24.3 Å². The predicted octanol–water partition coefficient (Wildman–Crippen LogP) is 2.38. The summed E-state index contributed by atoms with van der Waals surface area (Å²) in [7, 11) is 0. The van der Waals surface area contributed by atoms with Gasteiger partial charge in [0.2, 0.25) is 5.91 Å². The predicted molar refractivity (Wildman–Crippen MR) is 77.6 cm³/mol. The van der Waals surface area contributed by atoms with Gasteiger partial charge in [-0.25, -0.2) is 0 Å². The number of nitrogens with one attached hydrogen (secondary N) is 1. The molecule has 3 heteroatoms. The number of benzene rings is 1. The van der Waals surface area contributed by atoms with Crippen LogP contribution in [0.5, 0.6) is 0 Å². The van der Waals surface area contributed by atoms with Crippen LogP contribution in [0, 0.1) is 5.92 Å². The lowest BCUT2D eigenvalue weighted by Gasteiger charge is -2.17. The van der Waals surface area contributed by atoms with Crippen molar-refractivity contribution in [1.29, 1.82) is 0 Å². The quantitative estimate of drug-likeness (QED) is 0.791. The SMILES string of the molecule is CCC(CC1CC1)NC(=O)Cc1ccccc1CN. The molecule has 1 aliphatic carbocycles. The maximum absolute atomic E-state index is 12.1. The van der Waals surface area contributed by atoms with Crippen molar-refractivity contribution < 1.29 is 4.79 Å². The minimum absolute atomic E-state index is 0.119. The Hall–Kier alpha value is -1.35. The Morgan fingerprint density at radius 3 is 2.63 bits per heavy atom. The highest BCUT2D eigenvalue weighted by Gasteiger charge is 2.25. The summed E-state index contributed by atoms with van der Waals surface area (Å²) in [5, 5.41) is 3.16. The lowest BCUT2D eigenvalue weighted by Crippen LogP contribution is -2.36. The highest BCUT2D eigenvalue weighted by molar-refractivity contribution is 5.79. The molecule has 104 valence electrons. The van der Waals surface area contributed by atoms with E-state index in [0.29, 0.717) is 19.0 Å². The summed E-state index contributed by atoms with van der Waals surface area (Å²) in [5.41, 5.74) is 7.80. The molecule has 0 aromatic heterocycles. The maximum Gasteiger partial charge on any atom is 0.224 e. The highest BCUT2D eigenvalue weighted by atomic mass is 16.1. The van der Waals surface area contributed by atoms with Crippen LogP contribution in [-0.4, -0.2) is 11.9 Å². The second-order valence-electron chi connectivity index (χ2n) is 5.50. The van der Waals surface area contributed by atoms with Gasteiger partial charge in [-0.3, -0.25) is 4.79 Å². The first-order valence-corrected chi connectivity index (χ1v) is 7.29. The third kappa shape index (κ3) is 4.35. The molecule has 3 N–H and O–H groups in total. The van der Waals surface area contributed by atoms with Crippen molar-refractivity contribution in [3.05, 3.63) is 35.4 Å². The fraction of sp³-hybridized carbons (Fsp3) is 0.562. The smallest absolute Gasteiger partial charge is 0.224 e. The van der Waals surface area contributed by atoms with Crippen LogP contribution in [0.2, 0.25) is 0 Å². The number of hydrogen-bond acceptors (Lipinski definition) is 2. The van der Waals surface area contributed by atoms with E-state index >= 15 is 0 Å². The van der Waals surface area contributed by atoms with E-state index in [1.807, 2.05) is 24.3 Å². The average Bonchev–Trinajstić information content (AvgIpc) is 3.22. The zero-order chi connectivity index (χ0) is 13.7. The molecule has 1 aromatic rings. The van der Waals surface area contributed by atoms with E-state index in [4.69, 9.17) is 5.73 Å². The lowest BCUT2D eigenvalue weighted by molar-refractivity contribution is -0.121. The summed E-state index contributed by atoms with van der Waals surface area (Å²) >= 11 is 0. The zero-order valence-electron chi connectivity index (χ0n) is 11.7. The van der Waals surface area contributed by atoms with E-state index in [2.05, 4.69) is 12.2 Å². The molecule has 0 bridgehead atoms. The molecule has 0 radical (unpaired) electrons. The molecule has 2 rings (SSSR count). The first-order valence-electron chi connectivity index (χ1n) is 7.29. The minimum atomic E-state index is 0.119. The van der Waals surface area contributed by atoms with Gasteiger partial charge in [0.25, 0.3) is 0 Å². The first kappa shape index (κ1) is 14.1. The number of rotatable bonds is 7. The molecule has 0 heterocycles. The van der Waals surface area contributed by atoms with Gasteiger partial charge < -0.3 is 11.1 Å². The molecule has 0 aliphatic heterocycles. The van der Waals surface area contributed by atoms with E-state index < -0.39 is 0 Å². The van der Waals surface area contributed by atoms with Crippen LogP contribution in [0.25, 0.3) is 0 Å². The summed E-state index contributed by atoms with van der Waals surface area (Å²) in [6.07, 6.45) is 5.26. The fourth-order valence-corrected chi connectivity index (χ4v) is 2.46. The Morgan fingerprint density at radius 1 is 1.37 bits per heavy atom. The number of carbonyl (C=O) groups is 1. The van der Waals surface area contributed by atoms with E-state index in [9.17, 15) is 4.79 Å². The van der Waals surface area contributed by atoms with Gasteiger partial charge in [-0.05, 0) is 29.9 Å². The first-order chi connectivity index (χ1) is 9.22. The third-order valence-electron chi connectivity index (χ3n) is 3.86. The van der Waals surface area contributed by atoms with Gasteiger partial charge in [0.1, 0.15) is 0 Å². The molecular formula is C16H24N2O. The molecule has 1 fully saturated rings. The Labute approximate surface area is 115 Å². The minimum Gasteiger partial charge on any atom is -0.353 e.